The molecule has 0 spiro atoms. The van der Waals surface area contributed by atoms with Gasteiger partial charge >= 0.3 is 0 Å². The number of likely N-dealkylation sites (N-methyl/N-ethyl adjacent to an activating group) is 1. The van der Waals surface area contributed by atoms with Gasteiger partial charge in [0.15, 0.2) is 5.78 Å². The number of Topliss-reactive ketones (excluding diaryl/α,β-unsaturated/α-hetero) is 1. The van der Waals surface area contributed by atoms with Crippen LogP contribution in [0.15, 0.2) is 34.9 Å². The molecule has 2 N–H and O–H groups in total. The molecule has 0 saturated carbocycles. The number of ketones is 1. The van der Waals surface area contributed by atoms with Gasteiger partial charge in [-0.3, -0.25) is 14.4 Å². The van der Waals surface area contributed by atoms with E-state index in [1.54, 1.807) is 6.07 Å². The molecule has 0 fully saturated rings. The molecule has 0 radical (unpaired) electrons. The van der Waals surface area contributed by atoms with E-state index in [9.17, 15) is 14.4 Å². The van der Waals surface area contributed by atoms with E-state index in [1.807, 2.05) is 19.1 Å². The molecule has 1 aromatic carbocycles. The molecule has 0 saturated heterocycles. The maximum Gasteiger partial charge on any atom is 0.270 e. The molecule has 1 heterocycles. The summed E-state index contributed by atoms with van der Waals surface area (Å²) in [6, 6.07) is 7.01. The third kappa shape index (κ3) is 4.32. The van der Waals surface area contributed by atoms with Gasteiger partial charge in [-0.2, -0.15) is 0 Å². The van der Waals surface area contributed by atoms with Gasteiger partial charge in [0.25, 0.3) is 5.91 Å². The predicted octanol–water partition coefficient (Wildman–Crippen LogP) is 3.00. The highest BCUT2D eigenvalue weighted by Gasteiger charge is 2.17. The molecule has 24 heavy (non-hydrogen) atoms. The van der Waals surface area contributed by atoms with Gasteiger partial charge in [0.05, 0.1) is 6.54 Å². The van der Waals surface area contributed by atoms with E-state index in [4.69, 9.17) is 0 Å². The van der Waals surface area contributed by atoms with E-state index in [0.29, 0.717) is 11.3 Å². The normalized spacial score (nSPS) is 10.3. The minimum absolute atomic E-state index is 0.0945. The Balaban J connectivity index is 1.99. The summed E-state index contributed by atoms with van der Waals surface area (Å²) in [6.45, 7) is 3.22. The summed E-state index contributed by atoms with van der Waals surface area (Å²) in [5, 5.41) is 2.78. The molecule has 2 rings (SSSR count). The van der Waals surface area contributed by atoms with Gasteiger partial charge in [-0.05, 0) is 43.7 Å². The third-order valence-electron chi connectivity index (χ3n) is 3.51. The summed E-state index contributed by atoms with van der Waals surface area (Å²) >= 11 is 3.37. The summed E-state index contributed by atoms with van der Waals surface area (Å²) < 4.78 is 0.929. The van der Waals surface area contributed by atoms with Crippen LogP contribution in [0.25, 0.3) is 0 Å². The van der Waals surface area contributed by atoms with Crippen LogP contribution in [0.5, 0.6) is 0 Å². The number of anilines is 1. The predicted molar refractivity (Wildman–Crippen MR) is 95.3 cm³/mol. The van der Waals surface area contributed by atoms with Crippen molar-refractivity contribution >= 4 is 39.2 Å². The molecular formula is C17H18BrN3O3. The van der Waals surface area contributed by atoms with Gasteiger partial charge in [-0.25, -0.2) is 0 Å². The van der Waals surface area contributed by atoms with Crippen LogP contribution in [0.1, 0.15) is 33.3 Å². The number of halogens is 1. The standard InChI is InChI=1S/C17H18BrN3O3/c1-10-6-13(18)4-5-14(10)20-16(23)9-21(3)17(24)15-7-12(8-19-15)11(2)22/h4-8,19H,9H2,1-3H3,(H,20,23). The van der Waals surface area contributed by atoms with Gasteiger partial charge in [-0.15, -0.1) is 0 Å². The zero-order valence-corrected chi connectivity index (χ0v) is 15.2. The van der Waals surface area contributed by atoms with Crippen LogP contribution in [0.2, 0.25) is 0 Å². The maximum absolute atomic E-state index is 12.3. The smallest absolute Gasteiger partial charge is 0.270 e. The van der Waals surface area contributed by atoms with Gasteiger partial charge in [0.2, 0.25) is 5.91 Å². The number of carbonyl (C=O) groups excluding carboxylic acids is 3. The van der Waals surface area contributed by atoms with Crippen molar-refractivity contribution in [2.24, 2.45) is 0 Å². The summed E-state index contributed by atoms with van der Waals surface area (Å²) in [5.41, 5.74) is 2.32. The molecule has 1 aromatic heterocycles. The highest BCUT2D eigenvalue weighted by atomic mass is 79.9. The van der Waals surface area contributed by atoms with Crippen molar-refractivity contribution in [2.45, 2.75) is 13.8 Å². The summed E-state index contributed by atoms with van der Waals surface area (Å²) in [4.78, 5) is 39.7. The number of amides is 2. The Morgan fingerprint density at radius 1 is 1.25 bits per heavy atom. The second-order valence-electron chi connectivity index (χ2n) is 5.53. The van der Waals surface area contributed by atoms with Crippen molar-refractivity contribution < 1.29 is 14.4 Å². The number of rotatable bonds is 5. The lowest BCUT2D eigenvalue weighted by Gasteiger charge is -2.16. The molecule has 0 aliphatic carbocycles. The van der Waals surface area contributed by atoms with Crippen molar-refractivity contribution in [3.8, 4) is 0 Å². The third-order valence-corrected chi connectivity index (χ3v) is 4.00. The lowest BCUT2D eigenvalue weighted by molar-refractivity contribution is -0.116. The van der Waals surface area contributed by atoms with Crippen molar-refractivity contribution in [3.05, 3.63) is 51.8 Å². The van der Waals surface area contributed by atoms with Crippen LogP contribution < -0.4 is 5.32 Å². The first-order chi connectivity index (χ1) is 11.3. The fraction of sp³-hybridized carbons (Fsp3) is 0.235. The number of aromatic amines is 1. The van der Waals surface area contributed by atoms with Crippen LogP contribution in [0.4, 0.5) is 5.69 Å². The van der Waals surface area contributed by atoms with Crippen LogP contribution >= 0.6 is 15.9 Å². The fourth-order valence-corrected chi connectivity index (χ4v) is 2.65. The largest absolute Gasteiger partial charge is 0.356 e. The Bertz CT molecular complexity index is 798. The number of hydrogen-bond acceptors (Lipinski definition) is 3. The molecule has 126 valence electrons. The number of aromatic nitrogens is 1. The van der Waals surface area contributed by atoms with Crippen molar-refractivity contribution in [1.29, 1.82) is 0 Å². The lowest BCUT2D eigenvalue weighted by atomic mass is 10.2. The van der Waals surface area contributed by atoms with E-state index in [0.717, 1.165) is 10.0 Å². The van der Waals surface area contributed by atoms with Crippen molar-refractivity contribution in [2.75, 3.05) is 18.9 Å². The fourth-order valence-electron chi connectivity index (χ4n) is 2.17. The van der Waals surface area contributed by atoms with Crippen LogP contribution in [0, 0.1) is 6.92 Å². The van der Waals surface area contributed by atoms with Crippen LogP contribution in [0.3, 0.4) is 0 Å². The zero-order valence-electron chi connectivity index (χ0n) is 13.6. The molecule has 6 nitrogen and oxygen atoms in total. The molecule has 0 aliphatic rings. The number of hydrogen-bond donors (Lipinski definition) is 2. The monoisotopic (exact) mass is 391 g/mol. The van der Waals surface area contributed by atoms with Gasteiger partial charge in [0.1, 0.15) is 5.69 Å². The number of aryl methyl sites for hydroxylation is 1. The van der Waals surface area contributed by atoms with Gasteiger partial charge in [-0.1, -0.05) is 15.9 Å². The average Bonchev–Trinajstić information content (AvgIpc) is 2.99. The summed E-state index contributed by atoms with van der Waals surface area (Å²) in [6.07, 6.45) is 1.48. The first kappa shape index (κ1) is 17.9. The first-order valence-electron chi connectivity index (χ1n) is 7.28. The molecule has 0 unspecified atom stereocenters. The number of H-pyrrole nitrogens is 1. The zero-order chi connectivity index (χ0) is 17.9. The van der Waals surface area contributed by atoms with Crippen LogP contribution in [-0.4, -0.2) is 41.1 Å². The molecule has 2 amide bonds. The Labute approximate surface area is 148 Å². The Morgan fingerprint density at radius 3 is 2.54 bits per heavy atom. The Kier molecular flexibility index (Phi) is 5.56. The van der Waals surface area contributed by atoms with Gasteiger partial charge in [0, 0.05) is 29.0 Å². The Morgan fingerprint density at radius 2 is 1.96 bits per heavy atom. The van der Waals surface area contributed by atoms with E-state index < -0.39 is 0 Å². The van der Waals surface area contributed by atoms with Crippen LogP contribution in [-0.2, 0) is 4.79 Å². The highest BCUT2D eigenvalue weighted by molar-refractivity contribution is 9.10. The van der Waals surface area contributed by atoms with Crippen molar-refractivity contribution in [3.63, 3.8) is 0 Å². The number of nitrogens with zero attached hydrogens (tertiary/aromatic N) is 1. The van der Waals surface area contributed by atoms with Gasteiger partial charge < -0.3 is 15.2 Å². The van der Waals surface area contributed by atoms with Crippen molar-refractivity contribution in [1.82, 2.24) is 9.88 Å². The summed E-state index contributed by atoms with van der Waals surface area (Å²) in [7, 11) is 1.53. The average molecular weight is 392 g/mol. The van der Waals surface area contributed by atoms with E-state index >= 15 is 0 Å². The SMILES string of the molecule is CC(=O)c1c[nH]c(C(=O)N(C)CC(=O)Nc2ccc(Br)cc2C)c1. The molecule has 7 heteroatoms. The summed E-state index contributed by atoms with van der Waals surface area (Å²) in [5.74, 6) is -0.781. The first-order valence-corrected chi connectivity index (χ1v) is 8.08. The quantitative estimate of drug-likeness (QED) is 0.768. The van der Waals surface area contributed by atoms with E-state index in [1.165, 1.54) is 31.1 Å². The second-order valence-corrected chi connectivity index (χ2v) is 6.44. The topological polar surface area (TPSA) is 82.3 Å². The minimum Gasteiger partial charge on any atom is -0.356 e. The molecular weight excluding hydrogens is 374 g/mol. The molecule has 0 aliphatic heterocycles. The molecule has 2 aromatic rings. The van der Waals surface area contributed by atoms with E-state index in [2.05, 4.69) is 26.2 Å². The lowest BCUT2D eigenvalue weighted by Crippen LogP contribution is -2.35. The van der Waals surface area contributed by atoms with E-state index in [-0.39, 0.29) is 29.8 Å². The maximum atomic E-state index is 12.3. The molecule has 0 bridgehead atoms. The number of carbonyl (C=O) groups is 3. The molecule has 0 atom stereocenters. The minimum atomic E-state index is -0.356. The number of nitrogens with one attached hydrogen (secondary N) is 2. The second kappa shape index (κ2) is 7.44. The Hall–Kier alpha value is -2.41. The number of benzene rings is 1. The highest BCUT2D eigenvalue weighted by Crippen LogP contribution is 2.20.